The minimum Gasteiger partial charge on any atom is -0.396 e. The van der Waals surface area contributed by atoms with E-state index in [9.17, 15) is 9.90 Å². The molecule has 3 N–H and O–H groups in total. The van der Waals surface area contributed by atoms with Crippen LogP contribution in [0, 0.1) is 5.41 Å². The molecule has 4 nitrogen and oxygen atoms in total. The molecule has 0 atom stereocenters. The smallest absolute Gasteiger partial charge is 0.233 e. The lowest BCUT2D eigenvalue weighted by Crippen LogP contribution is -2.42. The van der Waals surface area contributed by atoms with E-state index >= 15 is 0 Å². The summed E-state index contributed by atoms with van der Waals surface area (Å²) in [5, 5.41) is 15.5. The van der Waals surface area contributed by atoms with Crippen molar-refractivity contribution in [1.29, 1.82) is 0 Å². The van der Waals surface area contributed by atoms with E-state index in [1.54, 1.807) is 0 Å². The molecule has 0 unspecified atom stereocenters. The molecule has 0 spiro atoms. The van der Waals surface area contributed by atoms with E-state index < -0.39 is 0 Å². The minimum absolute atomic E-state index is 0.0325. The van der Waals surface area contributed by atoms with Crippen LogP contribution >= 0.6 is 0 Å². The number of carbonyl (C=O) groups is 1. The van der Waals surface area contributed by atoms with Gasteiger partial charge in [-0.25, -0.2) is 0 Å². The molecular weight excluding hydrogens is 204 g/mol. The molecule has 2 fully saturated rings. The summed E-state index contributed by atoms with van der Waals surface area (Å²) in [6, 6.07) is 0.573. The number of aliphatic hydroxyl groups excluding tert-OH is 1. The van der Waals surface area contributed by atoms with Crippen LogP contribution in [-0.2, 0) is 4.79 Å². The first-order chi connectivity index (χ1) is 7.74. The van der Waals surface area contributed by atoms with Gasteiger partial charge in [-0.3, -0.25) is 4.79 Å². The molecule has 0 saturated heterocycles. The number of nitrogens with one attached hydrogen (secondary N) is 2. The van der Waals surface area contributed by atoms with Crippen molar-refractivity contribution in [3.8, 4) is 0 Å². The Kier molecular flexibility index (Phi) is 3.82. The Labute approximate surface area is 96.8 Å². The summed E-state index contributed by atoms with van der Waals surface area (Å²) >= 11 is 0. The van der Waals surface area contributed by atoms with Crippen LogP contribution in [0.25, 0.3) is 0 Å². The molecule has 16 heavy (non-hydrogen) atoms. The Balaban J connectivity index is 1.66. The second-order valence-corrected chi connectivity index (χ2v) is 5.30. The Morgan fingerprint density at radius 3 is 2.56 bits per heavy atom. The SMILES string of the molecule is O=C(CNC1CC1)NCC1(CO)CCCC1. The number of aliphatic hydroxyl groups is 1. The molecule has 2 aliphatic rings. The lowest BCUT2D eigenvalue weighted by molar-refractivity contribution is -0.120. The van der Waals surface area contributed by atoms with Crippen molar-refractivity contribution in [2.24, 2.45) is 5.41 Å². The van der Waals surface area contributed by atoms with Gasteiger partial charge in [-0.2, -0.15) is 0 Å². The molecule has 2 saturated carbocycles. The maximum absolute atomic E-state index is 11.5. The van der Waals surface area contributed by atoms with Crippen molar-refractivity contribution in [1.82, 2.24) is 10.6 Å². The quantitative estimate of drug-likeness (QED) is 0.614. The van der Waals surface area contributed by atoms with Crippen LogP contribution < -0.4 is 10.6 Å². The molecule has 0 bridgehead atoms. The average Bonchev–Trinajstić information content (AvgIpc) is 3.02. The zero-order valence-electron chi connectivity index (χ0n) is 9.80. The molecule has 4 heteroatoms. The summed E-state index contributed by atoms with van der Waals surface area (Å²) in [7, 11) is 0. The van der Waals surface area contributed by atoms with E-state index in [2.05, 4.69) is 10.6 Å². The van der Waals surface area contributed by atoms with Gasteiger partial charge < -0.3 is 15.7 Å². The molecule has 0 radical (unpaired) electrons. The van der Waals surface area contributed by atoms with Crippen molar-refractivity contribution < 1.29 is 9.90 Å². The number of rotatable bonds is 6. The zero-order chi connectivity index (χ0) is 11.4. The summed E-state index contributed by atoms with van der Waals surface area (Å²) in [4.78, 5) is 11.5. The van der Waals surface area contributed by atoms with Crippen LogP contribution in [0.5, 0.6) is 0 Å². The molecule has 0 heterocycles. The van der Waals surface area contributed by atoms with Crippen molar-refractivity contribution in [3.63, 3.8) is 0 Å². The molecule has 0 aromatic heterocycles. The normalized spacial score (nSPS) is 23.3. The fraction of sp³-hybridized carbons (Fsp3) is 0.917. The number of carbonyl (C=O) groups excluding carboxylic acids is 1. The van der Waals surface area contributed by atoms with Crippen LogP contribution in [0.4, 0.5) is 0 Å². The van der Waals surface area contributed by atoms with Crippen molar-refractivity contribution in [2.75, 3.05) is 19.7 Å². The maximum Gasteiger partial charge on any atom is 0.233 e. The number of amides is 1. The lowest BCUT2D eigenvalue weighted by atomic mass is 9.87. The third-order valence-corrected chi connectivity index (χ3v) is 3.79. The fourth-order valence-corrected chi connectivity index (χ4v) is 2.39. The topological polar surface area (TPSA) is 61.4 Å². The Hall–Kier alpha value is -0.610. The van der Waals surface area contributed by atoms with Crippen LogP contribution in [0.1, 0.15) is 38.5 Å². The Morgan fingerprint density at radius 2 is 2.00 bits per heavy atom. The molecule has 1 amide bonds. The molecular formula is C12H22N2O2. The van der Waals surface area contributed by atoms with Crippen molar-refractivity contribution >= 4 is 5.91 Å². The second kappa shape index (κ2) is 5.15. The highest BCUT2D eigenvalue weighted by atomic mass is 16.3. The monoisotopic (exact) mass is 226 g/mol. The Bertz CT molecular complexity index is 245. The molecule has 2 rings (SSSR count). The molecule has 2 aliphatic carbocycles. The highest BCUT2D eigenvalue weighted by Crippen LogP contribution is 2.36. The number of hydrogen-bond acceptors (Lipinski definition) is 3. The van der Waals surface area contributed by atoms with E-state index in [-0.39, 0.29) is 17.9 Å². The third-order valence-electron chi connectivity index (χ3n) is 3.79. The van der Waals surface area contributed by atoms with Crippen molar-refractivity contribution in [3.05, 3.63) is 0 Å². The first-order valence-corrected chi connectivity index (χ1v) is 6.35. The van der Waals surface area contributed by atoms with E-state index in [0.29, 0.717) is 19.1 Å². The highest BCUT2D eigenvalue weighted by molar-refractivity contribution is 5.78. The minimum atomic E-state index is -0.0325. The standard InChI is InChI=1S/C12H22N2O2/c15-9-12(5-1-2-6-12)8-14-11(16)7-13-10-3-4-10/h10,13,15H,1-9H2,(H,14,16). The van der Waals surface area contributed by atoms with Gasteiger partial charge in [-0.1, -0.05) is 12.8 Å². The van der Waals surface area contributed by atoms with Gasteiger partial charge in [0.25, 0.3) is 0 Å². The molecule has 0 aromatic carbocycles. The second-order valence-electron chi connectivity index (χ2n) is 5.30. The van der Waals surface area contributed by atoms with Gasteiger partial charge in [0.05, 0.1) is 13.2 Å². The first kappa shape index (κ1) is 11.9. The fourth-order valence-electron chi connectivity index (χ4n) is 2.39. The van der Waals surface area contributed by atoms with Gasteiger partial charge >= 0.3 is 0 Å². The number of hydrogen-bond donors (Lipinski definition) is 3. The van der Waals surface area contributed by atoms with Crippen LogP contribution in [0.2, 0.25) is 0 Å². The van der Waals surface area contributed by atoms with Gasteiger partial charge in [0, 0.05) is 18.0 Å². The largest absolute Gasteiger partial charge is 0.396 e. The molecule has 92 valence electrons. The van der Waals surface area contributed by atoms with Crippen molar-refractivity contribution in [2.45, 2.75) is 44.6 Å². The van der Waals surface area contributed by atoms with E-state index in [1.807, 2.05) is 0 Å². The summed E-state index contributed by atoms with van der Waals surface area (Å²) < 4.78 is 0. The van der Waals surface area contributed by atoms with Crippen LogP contribution in [0.15, 0.2) is 0 Å². The summed E-state index contributed by atoms with van der Waals surface area (Å²) in [6.07, 6.45) is 6.84. The Morgan fingerprint density at radius 1 is 1.31 bits per heavy atom. The predicted molar refractivity (Wildman–Crippen MR) is 62.0 cm³/mol. The summed E-state index contributed by atoms with van der Waals surface area (Å²) in [5.41, 5.74) is -0.0325. The third kappa shape index (κ3) is 3.19. The van der Waals surface area contributed by atoms with E-state index in [0.717, 1.165) is 12.8 Å². The lowest BCUT2D eigenvalue weighted by Gasteiger charge is -2.26. The van der Waals surface area contributed by atoms with Gasteiger partial charge in [0.15, 0.2) is 0 Å². The first-order valence-electron chi connectivity index (χ1n) is 6.35. The predicted octanol–water partition coefficient (Wildman–Crippen LogP) is 0.407. The molecule has 0 aromatic rings. The summed E-state index contributed by atoms with van der Waals surface area (Å²) in [5.74, 6) is 0.0617. The van der Waals surface area contributed by atoms with Gasteiger partial charge in [-0.05, 0) is 25.7 Å². The highest BCUT2D eigenvalue weighted by Gasteiger charge is 2.33. The van der Waals surface area contributed by atoms with Crippen LogP contribution in [0.3, 0.4) is 0 Å². The van der Waals surface area contributed by atoms with Gasteiger partial charge in [0.2, 0.25) is 5.91 Å². The van der Waals surface area contributed by atoms with E-state index in [1.165, 1.54) is 25.7 Å². The van der Waals surface area contributed by atoms with E-state index in [4.69, 9.17) is 0 Å². The molecule has 0 aliphatic heterocycles. The van der Waals surface area contributed by atoms with Gasteiger partial charge in [0.1, 0.15) is 0 Å². The summed E-state index contributed by atoms with van der Waals surface area (Å²) in [6.45, 7) is 1.25. The van der Waals surface area contributed by atoms with Gasteiger partial charge in [-0.15, -0.1) is 0 Å². The maximum atomic E-state index is 11.5. The zero-order valence-corrected chi connectivity index (χ0v) is 9.80. The average molecular weight is 226 g/mol. The van der Waals surface area contributed by atoms with Crippen LogP contribution in [-0.4, -0.2) is 36.8 Å².